The van der Waals surface area contributed by atoms with E-state index in [1.165, 1.54) is 10.7 Å². The number of hydrogen-bond donors (Lipinski definition) is 2. The van der Waals surface area contributed by atoms with Gasteiger partial charge in [-0.1, -0.05) is 6.58 Å². The largest absolute Gasteiger partial charge is 0.497 e. The van der Waals surface area contributed by atoms with Gasteiger partial charge in [-0.25, -0.2) is 0 Å². The van der Waals surface area contributed by atoms with E-state index in [-0.39, 0.29) is 18.3 Å². The van der Waals surface area contributed by atoms with Crippen LogP contribution in [0.3, 0.4) is 0 Å². The molecule has 0 aliphatic carbocycles. The molecule has 0 aliphatic rings. The maximum atomic E-state index is 12.0. The molecular weight excluding hydrogens is 314 g/mol. The third-order valence-electron chi connectivity index (χ3n) is 3.20. The highest BCUT2D eigenvalue weighted by Gasteiger charge is 2.16. The van der Waals surface area contributed by atoms with E-state index in [4.69, 9.17) is 4.74 Å². The Morgan fingerprint density at radius 2 is 2.04 bits per heavy atom. The lowest BCUT2D eigenvalue weighted by Gasteiger charge is -2.11. The van der Waals surface area contributed by atoms with E-state index in [0.29, 0.717) is 22.7 Å². The number of hydrazine groups is 1. The van der Waals surface area contributed by atoms with E-state index in [1.807, 2.05) is 0 Å². The Balaban J connectivity index is 1.90. The van der Waals surface area contributed by atoms with Gasteiger partial charge in [0.05, 0.1) is 24.0 Å². The molecule has 0 saturated carbocycles. The topological polar surface area (TPSA) is 111 Å². The smallest absolute Gasteiger partial charge is 0.390 e. The van der Waals surface area contributed by atoms with E-state index in [2.05, 4.69) is 22.5 Å². The highest BCUT2D eigenvalue weighted by molar-refractivity contribution is 5.94. The van der Waals surface area contributed by atoms with Gasteiger partial charge in [0, 0.05) is 11.3 Å². The molecule has 2 aromatic rings. The summed E-state index contributed by atoms with van der Waals surface area (Å²) in [5.41, 5.74) is 6.66. The summed E-state index contributed by atoms with van der Waals surface area (Å²) in [7, 11) is 1.54. The average Bonchev–Trinajstić information content (AvgIpc) is 2.94. The SMILES string of the molecule is C=C(Cn1nc([N+](=O)[O-])cc1C)NNC(=O)c1ccc(OC)cc1. The van der Waals surface area contributed by atoms with Crippen LogP contribution in [0.5, 0.6) is 5.75 Å². The van der Waals surface area contributed by atoms with Crippen molar-refractivity contribution < 1.29 is 14.5 Å². The molecule has 9 heteroatoms. The summed E-state index contributed by atoms with van der Waals surface area (Å²) in [6, 6.07) is 7.97. The van der Waals surface area contributed by atoms with Gasteiger partial charge in [0.15, 0.2) is 0 Å². The molecule has 1 heterocycles. The molecule has 0 aliphatic heterocycles. The molecule has 2 N–H and O–H groups in total. The Hall–Kier alpha value is -3.36. The molecule has 24 heavy (non-hydrogen) atoms. The van der Waals surface area contributed by atoms with Crippen LogP contribution in [0, 0.1) is 17.0 Å². The lowest BCUT2D eigenvalue weighted by Crippen LogP contribution is -2.37. The highest BCUT2D eigenvalue weighted by Crippen LogP contribution is 2.12. The Morgan fingerprint density at radius 1 is 1.38 bits per heavy atom. The van der Waals surface area contributed by atoms with Crippen molar-refractivity contribution in [3.63, 3.8) is 0 Å². The van der Waals surface area contributed by atoms with Gasteiger partial charge >= 0.3 is 5.82 Å². The van der Waals surface area contributed by atoms with Crippen molar-refractivity contribution >= 4 is 11.7 Å². The predicted octanol–water partition coefficient (Wildman–Crippen LogP) is 1.56. The molecule has 0 atom stereocenters. The summed E-state index contributed by atoms with van der Waals surface area (Å²) in [5.74, 6) is 0.0733. The second-order valence-corrected chi connectivity index (χ2v) is 4.97. The number of carbonyl (C=O) groups is 1. The third kappa shape index (κ3) is 4.09. The van der Waals surface area contributed by atoms with Crippen LogP contribution in [0.15, 0.2) is 42.6 Å². The summed E-state index contributed by atoms with van der Waals surface area (Å²) in [6.07, 6.45) is 0. The van der Waals surface area contributed by atoms with E-state index >= 15 is 0 Å². The fourth-order valence-corrected chi connectivity index (χ4v) is 1.92. The quantitative estimate of drug-likeness (QED) is 0.588. The molecule has 0 unspecified atom stereocenters. The van der Waals surface area contributed by atoms with Gasteiger partial charge in [0.1, 0.15) is 12.3 Å². The van der Waals surface area contributed by atoms with Crippen molar-refractivity contribution in [3.8, 4) is 5.75 Å². The third-order valence-corrected chi connectivity index (χ3v) is 3.20. The number of amides is 1. The molecule has 0 fully saturated rings. The highest BCUT2D eigenvalue weighted by atomic mass is 16.6. The number of nitrogens with zero attached hydrogens (tertiary/aromatic N) is 3. The summed E-state index contributed by atoms with van der Waals surface area (Å²) in [6.45, 7) is 5.64. The van der Waals surface area contributed by atoms with Crippen molar-refractivity contribution in [2.75, 3.05) is 7.11 Å². The molecule has 1 aromatic heterocycles. The van der Waals surface area contributed by atoms with E-state index in [0.717, 1.165) is 0 Å². The standard InChI is InChI=1S/C15H17N5O4/c1-10(9-19-11(2)8-14(18-19)20(22)23)16-17-15(21)12-4-6-13(24-3)7-5-12/h4-8,16H,1,9H2,2-3H3,(H,17,21). The Bertz CT molecular complexity index is 767. The van der Waals surface area contributed by atoms with Crippen LogP contribution in [-0.2, 0) is 6.54 Å². The van der Waals surface area contributed by atoms with Crippen molar-refractivity contribution in [2.24, 2.45) is 0 Å². The number of allylic oxidation sites excluding steroid dienone is 1. The molecule has 0 bridgehead atoms. The molecule has 1 amide bonds. The first-order chi connectivity index (χ1) is 11.4. The second kappa shape index (κ2) is 7.27. The zero-order valence-corrected chi connectivity index (χ0v) is 13.3. The number of hydrogen-bond acceptors (Lipinski definition) is 6. The first-order valence-electron chi connectivity index (χ1n) is 6.97. The lowest BCUT2D eigenvalue weighted by molar-refractivity contribution is -0.389. The predicted molar refractivity (Wildman–Crippen MR) is 86.4 cm³/mol. The number of benzene rings is 1. The molecule has 0 radical (unpaired) electrons. The molecule has 0 spiro atoms. The number of aromatic nitrogens is 2. The van der Waals surface area contributed by atoms with Crippen LogP contribution >= 0.6 is 0 Å². The van der Waals surface area contributed by atoms with Crippen LogP contribution in [-0.4, -0.2) is 27.7 Å². The summed E-state index contributed by atoms with van der Waals surface area (Å²) in [5, 5.41) is 14.5. The number of nitrogens with one attached hydrogen (secondary N) is 2. The van der Waals surface area contributed by atoms with Gasteiger partial charge in [-0.3, -0.25) is 10.2 Å². The van der Waals surface area contributed by atoms with Gasteiger partial charge in [-0.05, 0) is 36.1 Å². The molecular formula is C15H17N5O4. The van der Waals surface area contributed by atoms with Crippen LogP contribution in [0.2, 0.25) is 0 Å². The maximum Gasteiger partial charge on any atom is 0.390 e. The van der Waals surface area contributed by atoms with Crippen molar-refractivity contribution in [2.45, 2.75) is 13.5 Å². The number of aryl methyl sites for hydroxylation is 1. The number of rotatable bonds is 7. The first-order valence-corrected chi connectivity index (χ1v) is 6.97. The molecule has 0 saturated heterocycles. The number of nitro groups is 1. The molecule has 126 valence electrons. The van der Waals surface area contributed by atoms with Gasteiger partial charge in [-0.2, -0.15) is 4.68 Å². The molecule has 1 aromatic carbocycles. The monoisotopic (exact) mass is 331 g/mol. The van der Waals surface area contributed by atoms with E-state index in [1.54, 1.807) is 38.3 Å². The minimum Gasteiger partial charge on any atom is -0.497 e. The van der Waals surface area contributed by atoms with Crippen molar-refractivity contribution in [1.29, 1.82) is 0 Å². The fourth-order valence-electron chi connectivity index (χ4n) is 1.92. The van der Waals surface area contributed by atoms with Crippen LogP contribution in [0.4, 0.5) is 5.82 Å². The number of ether oxygens (including phenoxy) is 1. The van der Waals surface area contributed by atoms with Crippen molar-refractivity contribution in [3.05, 3.63) is 64.0 Å². The molecule has 2 rings (SSSR count). The second-order valence-electron chi connectivity index (χ2n) is 4.97. The molecule has 9 nitrogen and oxygen atoms in total. The first kappa shape index (κ1) is 17.0. The number of methoxy groups -OCH3 is 1. The number of carbonyl (C=O) groups excluding carboxylic acids is 1. The van der Waals surface area contributed by atoms with Gasteiger partial charge in [0.25, 0.3) is 5.91 Å². The Kier molecular flexibility index (Phi) is 5.15. The Morgan fingerprint density at radius 3 is 2.58 bits per heavy atom. The lowest BCUT2D eigenvalue weighted by atomic mass is 10.2. The van der Waals surface area contributed by atoms with Gasteiger partial charge in [0.2, 0.25) is 0 Å². The summed E-state index contributed by atoms with van der Waals surface area (Å²) in [4.78, 5) is 22.1. The van der Waals surface area contributed by atoms with Crippen LogP contribution in [0.1, 0.15) is 16.1 Å². The fraction of sp³-hybridized carbons (Fsp3) is 0.200. The zero-order chi connectivity index (χ0) is 17.7. The van der Waals surface area contributed by atoms with Crippen LogP contribution in [0.25, 0.3) is 0 Å². The zero-order valence-electron chi connectivity index (χ0n) is 13.3. The average molecular weight is 331 g/mol. The van der Waals surface area contributed by atoms with E-state index in [9.17, 15) is 14.9 Å². The van der Waals surface area contributed by atoms with Gasteiger partial charge in [-0.15, -0.1) is 0 Å². The minimum atomic E-state index is -0.564. The van der Waals surface area contributed by atoms with Crippen molar-refractivity contribution in [1.82, 2.24) is 20.6 Å². The summed E-state index contributed by atoms with van der Waals surface area (Å²) >= 11 is 0. The minimum absolute atomic E-state index is 0.183. The van der Waals surface area contributed by atoms with Crippen LogP contribution < -0.4 is 15.6 Å². The normalized spacial score (nSPS) is 10.1. The van der Waals surface area contributed by atoms with E-state index < -0.39 is 4.92 Å². The van der Waals surface area contributed by atoms with Gasteiger partial charge < -0.3 is 20.3 Å². The summed E-state index contributed by atoms with van der Waals surface area (Å²) < 4.78 is 6.45. The maximum absolute atomic E-state index is 12.0. The Labute approximate surface area is 138 Å².